The Kier molecular flexibility index (Phi) is 4.93. The normalized spacial score (nSPS) is 10.7. The second-order valence-corrected chi connectivity index (χ2v) is 4.87. The van der Waals surface area contributed by atoms with E-state index in [9.17, 15) is 4.79 Å². The molecule has 0 saturated carbocycles. The van der Waals surface area contributed by atoms with Gasteiger partial charge in [-0.3, -0.25) is 4.68 Å². The Morgan fingerprint density at radius 1 is 1.25 bits per heavy atom. The second-order valence-electron chi connectivity index (χ2n) is 4.87. The summed E-state index contributed by atoms with van der Waals surface area (Å²) in [6.07, 6.45) is 5.09. The lowest BCUT2D eigenvalue weighted by molar-refractivity contribution is 0.0695. The molecule has 0 aliphatic carbocycles. The minimum atomic E-state index is -0.886. The van der Waals surface area contributed by atoms with Crippen LogP contribution in [0.5, 0.6) is 0 Å². The highest BCUT2D eigenvalue weighted by Crippen LogP contribution is 2.13. The summed E-state index contributed by atoms with van der Waals surface area (Å²) in [5.41, 5.74) is 2.48. The van der Waals surface area contributed by atoms with Gasteiger partial charge in [-0.25, -0.2) is 4.79 Å². The van der Waals surface area contributed by atoms with E-state index in [2.05, 4.69) is 17.2 Å². The SMILES string of the molecule is CCCc1c(C(=O)O)cnn1CCCc1ccccc1. The van der Waals surface area contributed by atoms with E-state index in [-0.39, 0.29) is 0 Å². The highest BCUT2D eigenvalue weighted by Gasteiger charge is 2.15. The Balaban J connectivity index is 2.00. The third-order valence-electron chi connectivity index (χ3n) is 3.34. The summed E-state index contributed by atoms with van der Waals surface area (Å²) in [5.74, 6) is -0.886. The Morgan fingerprint density at radius 3 is 2.65 bits per heavy atom. The van der Waals surface area contributed by atoms with Crippen LogP contribution in [-0.4, -0.2) is 20.9 Å². The first-order valence-corrected chi connectivity index (χ1v) is 7.04. The van der Waals surface area contributed by atoms with Gasteiger partial charge in [0.05, 0.1) is 11.9 Å². The molecule has 2 rings (SSSR count). The molecular weight excluding hydrogens is 252 g/mol. The van der Waals surface area contributed by atoms with Crippen molar-refractivity contribution in [2.45, 2.75) is 39.2 Å². The highest BCUT2D eigenvalue weighted by molar-refractivity contribution is 5.88. The maximum Gasteiger partial charge on any atom is 0.339 e. The molecule has 2 aromatic rings. The first-order valence-electron chi connectivity index (χ1n) is 7.04. The largest absolute Gasteiger partial charge is 0.478 e. The van der Waals surface area contributed by atoms with Crippen LogP contribution in [0.3, 0.4) is 0 Å². The summed E-state index contributed by atoms with van der Waals surface area (Å²) in [5, 5.41) is 13.4. The van der Waals surface area contributed by atoms with Gasteiger partial charge in [0.25, 0.3) is 0 Å². The predicted octanol–water partition coefficient (Wildman–Crippen LogP) is 3.17. The molecule has 4 nitrogen and oxygen atoms in total. The summed E-state index contributed by atoms with van der Waals surface area (Å²) in [6, 6.07) is 10.3. The van der Waals surface area contributed by atoms with E-state index < -0.39 is 5.97 Å². The molecule has 0 bridgehead atoms. The van der Waals surface area contributed by atoms with E-state index in [0.29, 0.717) is 5.56 Å². The topological polar surface area (TPSA) is 55.1 Å². The van der Waals surface area contributed by atoms with Crippen LogP contribution in [0.1, 0.15) is 41.4 Å². The Morgan fingerprint density at radius 2 is 2.00 bits per heavy atom. The quantitative estimate of drug-likeness (QED) is 0.842. The lowest BCUT2D eigenvalue weighted by Gasteiger charge is -2.08. The van der Waals surface area contributed by atoms with E-state index in [1.54, 1.807) is 0 Å². The maximum atomic E-state index is 11.2. The van der Waals surface area contributed by atoms with Crippen molar-refractivity contribution < 1.29 is 9.90 Å². The molecule has 0 radical (unpaired) electrons. The average molecular weight is 272 g/mol. The number of carboxylic acids is 1. The fourth-order valence-corrected chi connectivity index (χ4v) is 2.36. The van der Waals surface area contributed by atoms with Crippen molar-refractivity contribution in [1.29, 1.82) is 0 Å². The van der Waals surface area contributed by atoms with E-state index in [0.717, 1.165) is 37.9 Å². The standard InChI is InChI=1S/C16H20N2O2/c1-2-7-15-14(16(19)20)12-17-18(15)11-6-10-13-8-4-3-5-9-13/h3-5,8-9,12H,2,6-7,10-11H2,1H3,(H,19,20). The van der Waals surface area contributed by atoms with E-state index in [1.165, 1.54) is 11.8 Å². The van der Waals surface area contributed by atoms with Crippen LogP contribution in [0.4, 0.5) is 0 Å². The van der Waals surface area contributed by atoms with Crippen LogP contribution in [0, 0.1) is 0 Å². The van der Waals surface area contributed by atoms with Crippen molar-refractivity contribution in [2.75, 3.05) is 0 Å². The molecule has 0 amide bonds. The zero-order chi connectivity index (χ0) is 14.4. The van der Waals surface area contributed by atoms with Crippen molar-refractivity contribution in [3.05, 3.63) is 53.3 Å². The molecule has 0 aliphatic rings. The zero-order valence-corrected chi connectivity index (χ0v) is 11.7. The Bertz CT molecular complexity index is 561. The van der Waals surface area contributed by atoms with Crippen molar-refractivity contribution in [2.24, 2.45) is 0 Å². The number of carbonyl (C=O) groups is 1. The van der Waals surface area contributed by atoms with Crippen LogP contribution < -0.4 is 0 Å². The molecule has 106 valence electrons. The molecule has 0 atom stereocenters. The third-order valence-corrected chi connectivity index (χ3v) is 3.34. The van der Waals surface area contributed by atoms with Crippen LogP contribution in [-0.2, 0) is 19.4 Å². The lowest BCUT2D eigenvalue weighted by Crippen LogP contribution is -2.09. The number of nitrogens with zero attached hydrogens (tertiary/aromatic N) is 2. The fraction of sp³-hybridized carbons (Fsp3) is 0.375. The predicted molar refractivity (Wildman–Crippen MR) is 77.9 cm³/mol. The van der Waals surface area contributed by atoms with Gasteiger partial charge in [-0.1, -0.05) is 43.7 Å². The molecule has 1 aromatic heterocycles. The van der Waals surface area contributed by atoms with Crippen LogP contribution in [0.15, 0.2) is 36.5 Å². The fourth-order valence-electron chi connectivity index (χ4n) is 2.36. The van der Waals surface area contributed by atoms with Crippen LogP contribution >= 0.6 is 0 Å². The number of aryl methyl sites for hydroxylation is 2. The summed E-state index contributed by atoms with van der Waals surface area (Å²) < 4.78 is 1.84. The number of rotatable bonds is 7. The molecule has 0 saturated heterocycles. The average Bonchev–Trinajstić information content (AvgIpc) is 2.84. The second kappa shape index (κ2) is 6.89. The molecule has 0 unspecified atom stereocenters. The van der Waals surface area contributed by atoms with Crippen molar-refractivity contribution in [1.82, 2.24) is 9.78 Å². The number of carboxylic acid groups (broad SMARTS) is 1. The molecule has 0 fully saturated rings. The van der Waals surface area contributed by atoms with Crippen molar-refractivity contribution >= 4 is 5.97 Å². The minimum Gasteiger partial charge on any atom is -0.478 e. The van der Waals surface area contributed by atoms with Gasteiger partial charge < -0.3 is 5.11 Å². The lowest BCUT2D eigenvalue weighted by atomic mass is 10.1. The van der Waals surface area contributed by atoms with Gasteiger partial charge in [0.2, 0.25) is 0 Å². The van der Waals surface area contributed by atoms with E-state index >= 15 is 0 Å². The summed E-state index contributed by atoms with van der Waals surface area (Å²) >= 11 is 0. The van der Waals surface area contributed by atoms with Crippen molar-refractivity contribution in [3.8, 4) is 0 Å². The molecule has 1 aromatic carbocycles. The zero-order valence-electron chi connectivity index (χ0n) is 11.7. The Labute approximate surface area is 119 Å². The number of hydrogen-bond donors (Lipinski definition) is 1. The molecule has 1 heterocycles. The van der Waals surface area contributed by atoms with Gasteiger partial charge in [0.15, 0.2) is 0 Å². The highest BCUT2D eigenvalue weighted by atomic mass is 16.4. The number of benzene rings is 1. The molecule has 20 heavy (non-hydrogen) atoms. The van der Waals surface area contributed by atoms with E-state index in [1.807, 2.05) is 29.8 Å². The maximum absolute atomic E-state index is 11.2. The summed E-state index contributed by atoms with van der Waals surface area (Å²) in [7, 11) is 0. The van der Waals surface area contributed by atoms with Gasteiger partial charge in [-0.15, -0.1) is 0 Å². The van der Waals surface area contributed by atoms with E-state index in [4.69, 9.17) is 5.11 Å². The smallest absolute Gasteiger partial charge is 0.339 e. The third kappa shape index (κ3) is 3.47. The minimum absolute atomic E-state index is 0.339. The van der Waals surface area contributed by atoms with Gasteiger partial charge in [-0.2, -0.15) is 5.10 Å². The molecule has 0 aliphatic heterocycles. The number of hydrogen-bond acceptors (Lipinski definition) is 2. The van der Waals surface area contributed by atoms with Crippen LogP contribution in [0.25, 0.3) is 0 Å². The van der Waals surface area contributed by atoms with Gasteiger partial charge >= 0.3 is 5.97 Å². The first-order chi connectivity index (χ1) is 9.72. The number of aromatic nitrogens is 2. The molecule has 0 spiro atoms. The van der Waals surface area contributed by atoms with Crippen molar-refractivity contribution in [3.63, 3.8) is 0 Å². The van der Waals surface area contributed by atoms with Gasteiger partial charge in [0.1, 0.15) is 5.56 Å². The monoisotopic (exact) mass is 272 g/mol. The number of aromatic carboxylic acids is 1. The first kappa shape index (κ1) is 14.3. The molecule has 4 heteroatoms. The summed E-state index contributed by atoms with van der Waals surface area (Å²) in [4.78, 5) is 11.2. The summed E-state index contributed by atoms with van der Waals surface area (Å²) in [6.45, 7) is 2.81. The van der Waals surface area contributed by atoms with Crippen LogP contribution in [0.2, 0.25) is 0 Å². The Hall–Kier alpha value is -2.10. The molecular formula is C16H20N2O2. The molecule has 1 N–H and O–H groups in total. The van der Waals surface area contributed by atoms with Gasteiger partial charge in [0, 0.05) is 6.54 Å². The van der Waals surface area contributed by atoms with Gasteiger partial charge in [-0.05, 0) is 24.8 Å².